The van der Waals surface area contributed by atoms with E-state index in [-0.39, 0.29) is 16.6 Å². The van der Waals surface area contributed by atoms with E-state index in [2.05, 4.69) is 246 Å². The maximum absolute atomic E-state index is 5.59. The molecule has 0 saturated carbocycles. The third-order valence-electron chi connectivity index (χ3n) is 19.2. The second-order valence-electron chi connectivity index (χ2n) is 30.2. The molecule has 1 aliphatic carbocycles. The molecule has 0 spiro atoms. The zero-order valence-electron chi connectivity index (χ0n) is 58.5. The molecule has 7 rings (SSSR count). The molecule has 0 aromatic heterocycles. The van der Waals surface area contributed by atoms with Crippen molar-refractivity contribution >= 4 is 0 Å². The van der Waals surface area contributed by atoms with Crippen LogP contribution in [0.3, 0.4) is 0 Å². The van der Waals surface area contributed by atoms with Gasteiger partial charge in [0.15, 0.2) is 0 Å². The highest BCUT2D eigenvalue weighted by Gasteiger charge is 2.43. The van der Waals surface area contributed by atoms with Gasteiger partial charge in [-0.05, 0) is 145 Å². The van der Waals surface area contributed by atoms with E-state index in [9.17, 15) is 0 Å². The first-order valence-electron chi connectivity index (χ1n) is 33.5. The Hall–Kier alpha value is -1.22. The minimum atomic E-state index is 0.229. The van der Waals surface area contributed by atoms with E-state index in [1.165, 1.54) is 88.7 Å². The first-order chi connectivity index (χ1) is 37.7. The van der Waals surface area contributed by atoms with Crippen LogP contribution in [0.5, 0.6) is 0 Å². The van der Waals surface area contributed by atoms with Crippen LogP contribution in [0.2, 0.25) is 0 Å². The Kier molecular flexibility index (Phi) is 33.3. The molecule has 5 heterocycles. The zero-order valence-corrected chi connectivity index (χ0v) is 58.5. The summed E-state index contributed by atoms with van der Waals surface area (Å²) in [5, 5.41) is 22.3. The maximum atomic E-state index is 5.59. The molecule has 5 fully saturated rings. The number of nitrogens with one attached hydrogen (secondary N) is 6. The highest BCUT2D eigenvalue weighted by atomic mass is 16.5. The average molecular weight is 1140 g/mol. The molecule has 478 valence electrons. The summed E-state index contributed by atoms with van der Waals surface area (Å²) in [6.45, 7) is 64.8. The van der Waals surface area contributed by atoms with Crippen molar-refractivity contribution in [1.82, 2.24) is 41.7 Å². The quantitative estimate of drug-likeness (QED) is 0.0847. The van der Waals surface area contributed by atoms with E-state index in [0.717, 1.165) is 58.4 Å². The Morgan fingerprint density at radius 2 is 0.679 bits per heavy atom. The van der Waals surface area contributed by atoms with Gasteiger partial charge in [0.2, 0.25) is 0 Å². The predicted molar refractivity (Wildman–Crippen MR) is 353 cm³/mol. The number of benzene rings is 1. The van der Waals surface area contributed by atoms with Crippen LogP contribution in [-0.4, -0.2) is 159 Å². The fourth-order valence-corrected chi connectivity index (χ4v) is 13.8. The molecule has 6 aliphatic rings. The van der Waals surface area contributed by atoms with Crippen LogP contribution in [0, 0.1) is 35.5 Å². The maximum Gasteiger partial charge on any atom is 0.0678 e. The van der Waals surface area contributed by atoms with Gasteiger partial charge in [-0.2, -0.15) is 0 Å². The fourth-order valence-electron chi connectivity index (χ4n) is 13.8. The topological polar surface area (TPSA) is 106 Å². The number of piperidine rings is 2. The van der Waals surface area contributed by atoms with E-state index >= 15 is 0 Å². The number of ether oxygens (including phenoxy) is 3. The van der Waals surface area contributed by atoms with Crippen molar-refractivity contribution in [3.63, 3.8) is 0 Å². The zero-order chi connectivity index (χ0) is 61.6. The fraction of sp³-hybridized carbons (Fsp3) is 0.914. The van der Waals surface area contributed by atoms with Gasteiger partial charge in [0.25, 0.3) is 0 Å². The Bertz CT molecular complexity index is 1720. The highest BCUT2D eigenvalue weighted by molar-refractivity contribution is 5.36. The van der Waals surface area contributed by atoms with Crippen molar-refractivity contribution in [3.8, 4) is 0 Å². The van der Waals surface area contributed by atoms with Crippen molar-refractivity contribution in [2.45, 2.75) is 300 Å². The smallest absolute Gasteiger partial charge is 0.0678 e. The number of hydrogen-bond donors (Lipinski definition) is 6. The summed E-state index contributed by atoms with van der Waals surface area (Å²) in [5.74, 6) is 4.13. The second-order valence-corrected chi connectivity index (χ2v) is 30.2. The molecule has 1 aromatic rings. The first-order valence-corrected chi connectivity index (χ1v) is 33.5. The number of nitrogens with zero attached hydrogens (tertiary/aromatic N) is 2. The number of hydrogen-bond acceptors (Lipinski definition) is 11. The molecule has 11 nitrogen and oxygen atoms in total. The molecule has 1 aromatic carbocycles. The normalized spacial score (nSPS) is 24.3. The minimum absolute atomic E-state index is 0.229. The highest BCUT2D eigenvalue weighted by Crippen LogP contribution is 2.36. The molecule has 0 amide bonds. The van der Waals surface area contributed by atoms with Gasteiger partial charge < -0.3 is 55.9 Å². The molecule has 5 saturated heterocycles. The van der Waals surface area contributed by atoms with Crippen LogP contribution in [0.4, 0.5) is 0 Å². The van der Waals surface area contributed by atoms with Gasteiger partial charge in [-0.15, -0.1) is 0 Å². The summed E-state index contributed by atoms with van der Waals surface area (Å²) in [7, 11) is 4.46. The molecule has 81 heavy (non-hydrogen) atoms. The molecule has 2 unspecified atom stereocenters. The third-order valence-corrected chi connectivity index (χ3v) is 19.2. The average Bonchev–Trinajstić information content (AvgIpc) is 4.00. The standard InChI is InChI=1S/C15H23N.2C12H26N2.2C11H23NO.C9H19NO/c1-11(2)15(16-12(3)4)9-13-7-5-6-8-14(13)10-15;1-10(2)12(13-11(3)4)6-8-14(5)9-7-12;1-10(2)12(13-11(3)4)7-6-8-14(5)9-12;1-9(2)11(12-10(3)4)5-7-13-8-6-11;1-9(2)11(12-10(3)4)6-5-7-13-8-11;1-7(2)9(5-11-6-9)10-8(3)4/h5-8,11-12,16H,9-10H2,1-4H3;2*10-11,13H,6-9H2,1-5H3;2*9-10,12H,5-8H2,1-4H3;7-8,10H,5-6H2,1-4H3. The van der Waals surface area contributed by atoms with Crippen molar-refractivity contribution in [1.29, 1.82) is 0 Å². The minimum Gasteiger partial charge on any atom is -0.381 e. The van der Waals surface area contributed by atoms with E-state index in [0.29, 0.717) is 82.5 Å². The summed E-state index contributed by atoms with van der Waals surface area (Å²) in [6.07, 6.45) is 12.4. The second kappa shape index (κ2) is 35.6. The lowest BCUT2D eigenvalue weighted by molar-refractivity contribution is -0.101. The molecule has 11 heteroatoms. The van der Waals surface area contributed by atoms with Gasteiger partial charge in [0, 0.05) is 90.3 Å². The Labute approximate surface area is 504 Å². The lowest BCUT2D eigenvalue weighted by atomic mass is 9.77. The van der Waals surface area contributed by atoms with Gasteiger partial charge in [0.1, 0.15) is 0 Å². The number of likely N-dealkylation sites (tertiary alicyclic amines) is 2. The van der Waals surface area contributed by atoms with E-state index in [1.54, 1.807) is 0 Å². The van der Waals surface area contributed by atoms with Crippen LogP contribution >= 0.6 is 0 Å². The summed E-state index contributed by atoms with van der Waals surface area (Å²) in [6, 6.07) is 12.3. The van der Waals surface area contributed by atoms with E-state index < -0.39 is 0 Å². The number of fused-ring (bicyclic) bond motifs is 1. The Morgan fingerprint density at radius 3 is 1.01 bits per heavy atom. The molecule has 2 atom stereocenters. The summed E-state index contributed by atoms with van der Waals surface area (Å²) < 4.78 is 16.2. The van der Waals surface area contributed by atoms with E-state index in [4.69, 9.17) is 14.2 Å². The molecular formula is C70H140N8O3. The van der Waals surface area contributed by atoms with Crippen molar-refractivity contribution in [2.24, 2.45) is 35.5 Å². The lowest BCUT2D eigenvalue weighted by Gasteiger charge is -2.46. The number of likely N-dealkylation sites (N-methyl/N-ethyl adjacent to an activating group) is 1. The summed E-state index contributed by atoms with van der Waals surface area (Å²) in [5.41, 5.74) is 4.90. The largest absolute Gasteiger partial charge is 0.381 e. The van der Waals surface area contributed by atoms with Gasteiger partial charge in [-0.3, -0.25) is 0 Å². The summed E-state index contributed by atoms with van der Waals surface area (Å²) in [4.78, 5) is 4.89. The molecule has 0 bridgehead atoms. The van der Waals surface area contributed by atoms with Gasteiger partial charge in [0.05, 0.1) is 25.4 Å². The predicted octanol–water partition coefficient (Wildman–Crippen LogP) is 13.2. The Morgan fingerprint density at radius 1 is 0.333 bits per heavy atom. The van der Waals surface area contributed by atoms with Crippen LogP contribution in [0.1, 0.15) is 229 Å². The van der Waals surface area contributed by atoms with Crippen LogP contribution in [0.15, 0.2) is 24.3 Å². The molecule has 0 radical (unpaired) electrons. The SMILES string of the molecule is CC(C)NC1(C(C)C)CCCN(C)C1.CC(C)NC1(C(C)C)CCCOC1.CC(C)NC1(C(C)C)CCN(C)CC1.CC(C)NC1(C(C)C)CCOCC1.CC(C)NC1(C(C)C)COC1.CC(C)NC1(C(C)C)Cc2ccccc2C1. The van der Waals surface area contributed by atoms with Crippen LogP contribution < -0.4 is 31.9 Å². The van der Waals surface area contributed by atoms with Gasteiger partial charge in [-0.1, -0.05) is 190 Å². The first kappa shape index (κ1) is 75.9. The van der Waals surface area contributed by atoms with Crippen molar-refractivity contribution in [2.75, 3.05) is 79.9 Å². The molecule has 6 N–H and O–H groups in total. The number of rotatable bonds is 18. The van der Waals surface area contributed by atoms with Crippen LogP contribution in [0.25, 0.3) is 0 Å². The molecular weight excluding hydrogens is 1000 g/mol. The van der Waals surface area contributed by atoms with Crippen molar-refractivity contribution in [3.05, 3.63) is 35.4 Å². The summed E-state index contributed by atoms with van der Waals surface area (Å²) >= 11 is 0. The lowest BCUT2D eigenvalue weighted by Crippen LogP contribution is -2.65. The van der Waals surface area contributed by atoms with E-state index in [1.807, 2.05) is 0 Å². The van der Waals surface area contributed by atoms with Crippen molar-refractivity contribution < 1.29 is 14.2 Å². The van der Waals surface area contributed by atoms with Gasteiger partial charge in [-0.25, -0.2) is 0 Å². The van der Waals surface area contributed by atoms with Crippen LogP contribution in [-0.2, 0) is 27.1 Å². The third kappa shape index (κ3) is 24.5. The van der Waals surface area contributed by atoms with Gasteiger partial charge >= 0.3 is 0 Å². The Balaban J connectivity index is 0.000000333. The molecule has 5 aliphatic heterocycles. The monoisotopic (exact) mass is 1140 g/mol.